The van der Waals surface area contributed by atoms with Gasteiger partial charge in [0, 0.05) is 28.0 Å². The zero-order valence-corrected chi connectivity index (χ0v) is 16.5. The fraction of sp³-hybridized carbons (Fsp3) is 0.273. The Morgan fingerprint density at radius 3 is 2.70 bits per heavy atom. The fourth-order valence-electron chi connectivity index (χ4n) is 3.66. The molecule has 4 rings (SSSR count). The summed E-state index contributed by atoms with van der Waals surface area (Å²) in [4.78, 5) is 17.9. The molecule has 0 spiro atoms. The van der Waals surface area contributed by atoms with E-state index in [-0.39, 0.29) is 18.2 Å². The number of halogens is 2. The lowest BCUT2D eigenvalue weighted by Crippen LogP contribution is -2.31. The molecule has 0 amide bonds. The van der Waals surface area contributed by atoms with Crippen molar-refractivity contribution >= 4 is 40.7 Å². The topological polar surface area (TPSA) is 42.0 Å². The second-order valence-corrected chi connectivity index (χ2v) is 7.36. The second kappa shape index (κ2) is 8.83. The van der Waals surface area contributed by atoms with Gasteiger partial charge in [0.15, 0.2) is 5.78 Å². The Labute approximate surface area is 170 Å². The molecule has 0 saturated carbocycles. The van der Waals surface area contributed by atoms with Crippen LogP contribution in [0.4, 0.5) is 0 Å². The molecule has 2 heterocycles. The molecule has 0 aliphatic carbocycles. The van der Waals surface area contributed by atoms with E-state index in [0.29, 0.717) is 17.4 Å². The van der Waals surface area contributed by atoms with Gasteiger partial charge in [-0.2, -0.15) is 0 Å². The van der Waals surface area contributed by atoms with E-state index in [9.17, 15) is 4.79 Å². The van der Waals surface area contributed by atoms with Crippen molar-refractivity contribution in [1.82, 2.24) is 10.3 Å². The van der Waals surface area contributed by atoms with Gasteiger partial charge in [0.05, 0.1) is 11.2 Å². The minimum absolute atomic E-state index is 0. The van der Waals surface area contributed by atoms with Gasteiger partial charge >= 0.3 is 0 Å². The highest BCUT2D eigenvalue weighted by atomic mass is 35.5. The van der Waals surface area contributed by atoms with Crippen LogP contribution >= 0.6 is 24.0 Å². The Morgan fingerprint density at radius 1 is 1.15 bits per heavy atom. The van der Waals surface area contributed by atoms with Crippen LogP contribution in [0.5, 0.6) is 0 Å². The number of carbonyl (C=O) groups is 1. The van der Waals surface area contributed by atoms with Crippen LogP contribution in [0, 0.1) is 5.92 Å². The lowest BCUT2D eigenvalue weighted by Gasteiger charge is -2.22. The SMILES string of the molecule is Cl.O=C(CC1CCCNC1)c1cc(-c2ccccc2)nc2ccc(Cl)cc12. The molecule has 2 aromatic carbocycles. The summed E-state index contributed by atoms with van der Waals surface area (Å²) >= 11 is 6.19. The van der Waals surface area contributed by atoms with Crippen LogP contribution in [0.1, 0.15) is 29.6 Å². The van der Waals surface area contributed by atoms with Gasteiger partial charge in [-0.1, -0.05) is 41.9 Å². The van der Waals surface area contributed by atoms with Gasteiger partial charge in [-0.15, -0.1) is 12.4 Å². The Bertz CT molecular complexity index is 938. The second-order valence-electron chi connectivity index (χ2n) is 6.92. The van der Waals surface area contributed by atoms with E-state index in [1.165, 1.54) is 0 Å². The Balaban J connectivity index is 0.00000210. The summed E-state index contributed by atoms with van der Waals surface area (Å²) in [5, 5.41) is 4.85. The smallest absolute Gasteiger partial charge is 0.163 e. The number of hydrogen-bond acceptors (Lipinski definition) is 3. The number of nitrogens with one attached hydrogen (secondary N) is 1. The number of fused-ring (bicyclic) bond motifs is 1. The lowest BCUT2D eigenvalue weighted by atomic mass is 9.90. The highest BCUT2D eigenvalue weighted by Gasteiger charge is 2.20. The zero-order valence-electron chi connectivity index (χ0n) is 15.0. The van der Waals surface area contributed by atoms with Gasteiger partial charge in [-0.3, -0.25) is 4.79 Å². The molecular weight excluding hydrogens is 379 g/mol. The molecule has 0 radical (unpaired) electrons. The van der Waals surface area contributed by atoms with Crippen molar-refractivity contribution in [3.8, 4) is 11.3 Å². The van der Waals surface area contributed by atoms with E-state index in [4.69, 9.17) is 16.6 Å². The molecule has 1 unspecified atom stereocenters. The third-order valence-corrected chi connectivity index (χ3v) is 5.25. The number of piperidine rings is 1. The summed E-state index contributed by atoms with van der Waals surface area (Å²) in [6.45, 7) is 1.97. The molecule has 3 aromatic rings. The number of ketones is 1. The first-order chi connectivity index (χ1) is 12.7. The first-order valence-electron chi connectivity index (χ1n) is 9.10. The number of carbonyl (C=O) groups excluding carboxylic acids is 1. The molecule has 0 bridgehead atoms. The Morgan fingerprint density at radius 2 is 1.96 bits per heavy atom. The Hall–Kier alpha value is -1.94. The minimum Gasteiger partial charge on any atom is -0.316 e. The van der Waals surface area contributed by atoms with Crippen molar-refractivity contribution in [2.45, 2.75) is 19.3 Å². The largest absolute Gasteiger partial charge is 0.316 e. The van der Waals surface area contributed by atoms with Crippen molar-refractivity contribution < 1.29 is 4.79 Å². The van der Waals surface area contributed by atoms with Gasteiger partial charge in [-0.25, -0.2) is 4.98 Å². The van der Waals surface area contributed by atoms with Gasteiger partial charge < -0.3 is 5.32 Å². The first kappa shape index (κ1) is 19.8. The third kappa shape index (κ3) is 4.49. The van der Waals surface area contributed by atoms with Gasteiger partial charge in [-0.05, 0) is 56.1 Å². The highest BCUT2D eigenvalue weighted by molar-refractivity contribution is 6.31. The summed E-state index contributed by atoms with van der Waals surface area (Å²) < 4.78 is 0. The number of rotatable bonds is 4. The molecule has 1 aliphatic heterocycles. The van der Waals surface area contributed by atoms with E-state index in [1.54, 1.807) is 0 Å². The Kier molecular flexibility index (Phi) is 6.48. The molecule has 1 atom stereocenters. The van der Waals surface area contributed by atoms with E-state index in [0.717, 1.165) is 53.7 Å². The number of pyridine rings is 1. The molecular formula is C22H22Cl2N2O. The summed E-state index contributed by atoms with van der Waals surface area (Å²) in [5.74, 6) is 0.573. The zero-order chi connectivity index (χ0) is 17.9. The third-order valence-electron chi connectivity index (χ3n) is 5.01. The maximum atomic E-state index is 13.1. The fourth-order valence-corrected chi connectivity index (χ4v) is 3.83. The summed E-state index contributed by atoms with van der Waals surface area (Å²) in [6, 6.07) is 17.5. The molecule has 27 heavy (non-hydrogen) atoms. The molecule has 140 valence electrons. The van der Waals surface area contributed by atoms with Crippen molar-refractivity contribution in [2.75, 3.05) is 13.1 Å². The molecule has 1 aliphatic rings. The average molecular weight is 401 g/mol. The van der Waals surface area contributed by atoms with Crippen molar-refractivity contribution in [3.63, 3.8) is 0 Å². The van der Waals surface area contributed by atoms with Crippen LogP contribution in [-0.4, -0.2) is 23.9 Å². The quantitative estimate of drug-likeness (QED) is 0.583. The van der Waals surface area contributed by atoms with Crippen LogP contribution in [0.15, 0.2) is 54.6 Å². The lowest BCUT2D eigenvalue weighted by molar-refractivity contribution is 0.0955. The number of benzene rings is 2. The number of aromatic nitrogens is 1. The van der Waals surface area contributed by atoms with E-state index in [2.05, 4.69) is 5.32 Å². The first-order valence-corrected chi connectivity index (χ1v) is 9.48. The highest BCUT2D eigenvalue weighted by Crippen LogP contribution is 2.29. The molecule has 3 nitrogen and oxygen atoms in total. The van der Waals surface area contributed by atoms with Crippen LogP contribution < -0.4 is 5.32 Å². The molecule has 1 saturated heterocycles. The summed E-state index contributed by atoms with van der Waals surface area (Å²) in [6.07, 6.45) is 2.80. The van der Waals surface area contributed by atoms with Crippen molar-refractivity contribution in [2.24, 2.45) is 5.92 Å². The van der Waals surface area contributed by atoms with Crippen molar-refractivity contribution in [3.05, 3.63) is 65.2 Å². The van der Waals surface area contributed by atoms with E-state index < -0.39 is 0 Å². The maximum Gasteiger partial charge on any atom is 0.163 e. The molecule has 1 aromatic heterocycles. The van der Waals surface area contributed by atoms with E-state index >= 15 is 0 Å². The van der Waals surface area contributed by atoms with E-state index in [1.807, 2.05) is 54.6 Å². The van der Waals surface area contributed by atoms with Gasteiger partial charge in [0.2, 0.25) is 0 Å². The molecule has 5 heteroatoms. The number of Topliss-reactive ketones (excluding diaryl/α,β-unsaturated/α-hetero) is 1. The van der Waals surface area contributed by atoms with Gasteiger partial charge in [0.1, 0.15) is 0 Å². The van der Waals surface area contributed by atoms with Crippen LogP contribution in [-0.2, 0) is 0 Å². The average Bonchev–Trinajstić information content (AvgIpc) is 2.68. The predicted molar refractivity (Wildman–Crippen MR) is 114 cm³/mol. The summed E-state index contributed by atoms with van der Waals surface area (Å²) in [5.41, 5.74) is 3.37. The minimum atomic E-state index is 0. The van der Waals surface area contributed by atoms with Crippen LogP contribution in [0.2, 0.25) is 5.02 Å². The molecule has 1 fully saturated rings. The predicted octanol–water partition coefficient (Wildman–Crippen LogP) is 5.55. The maximum absolute atomic E-state index is 13.1. The van der Waals surface area contributed by atoms with Gasteiger partial charge in [0.25, 0.3) is 0 Å². The van der Waals surface area contributed by atoms with Crippen LogP contribution in [0.3, 0.4) is 0 Å². The number of hydrogen-bond donors (Lipinski definition) is 1. The summed E-state index contributed by atoms with van der Waals surface area (Å²) in [7, 11) is 0. The van der Waals surface area contributed by atoms with Crippen molar-refractivity contribution in [1.29, 1.82) is 0 Å². The monoisotopic (exact) mass is 400 g/mol. The molecule has 1 N–H and O–H groups in total. The van der Waals surface area contributed by atoms with Crippen LogP contribution in [0.25, 0.3) is 22.2 Å². The normalized spacial score (nSPS) is 16.7. The number of nitrogens with zero attached hydrogens (tertiary/aromatic N) is 1. The standard InChI is InChI=1S/C22H21ClN2O.ClH/c23-17-8-9-20-18(12-17)19(22(26)11-15-5-4-10-24-14-15)13-21(25-20)16-6-2-1-3-7-16;/h1-3,6-9,12-13,15,24H,4-5,10-11,14H2;1H.